The monoisotopic (exact) mass is 544 g/mol. The van der Waals surface area contributed by atoms with Crippen molar-refractivity contribution in [2.75, 3.05) is 7.11 Å². The summed E-state index contributed by atoms with van der Waals surface area (Å²) in [5, 5.41) is 0. The Balaban J connectivity index is 1.54. The Labute approximate surface area is 238 Å². The van der Waals surface area contributed by atoms with Gasteiger partial charge in [0.15, 0.2) is 0 Å². The smallest absolute Gasteiger partial charge is 0.306 e. The van der Waals surface area contributed by atoms with Crippen molar-refractivity contribution in [1.29, 1.82) is 0 Å². The molecule has 0 aromatic heterocycles. The number of ether oxygens (including phenoxy) is 5. The molecule has 3 aromatic carbocycles. The van der Waals surface area contributed by atoms with Gasteiger partial charge in [0.1, 0.15) is 24.1 Å². The van der Waals surface area contributed by atoms with Crippen LogP contribution in [-0.2, 0) is 43.6 Å². The standard InChI is InChI=1S/C34H40O6/c1-5-31(37-25-29-17-19-30(36-4)20-18-29)26(3)40-34(35)22-21-33(39-24-28-15-11-8-12-16-28)32(6-2)38-23-27-13-9-7-10-14-27/h5-20,26,31-33H,1-2,21-25H2,3-4H3/t26-,31-,32+,33-/m0/s1. The van der Waals surface area contributed by atoms with Crippen LogP contribution in [0.4, 0.5) is 0 Å². The highest BCUT2D eigenvalue weighted by Gasteiger charge is 2.24. The maximum absolute atomic E-state index is 12.8. The van der Waals surface area contributed by atoms with E-state index in [0.29, 0.717) is 26.2 Å². The predicted octanol–water partition coefficient (Wildman–Crippen LogP) is 6.84. The van der Waals surface area contributed by atoms with Crippen LogP contribution in [0.15, 0.2) is 110 Å². The Morgan fingerprint density at radius 3 is 1.75 bits per heavy atom. The maximum atomic E-state index is 12.8. The van der Waals surface area contributed by atoms with E-state index < -0.39 is 18.3 Å². The Morgan fingerprint density at radius 1 is 0.725 bits per heavy atom. The van der Waals surface area contributed by atoms with Crippen molar-refractivity contribution < 1.29 is 28.5 Å². The minimum atomic E-state index is -0.503. The number of carbonyl (C=O) groups is 1. The highest BCUT2D eigenvalue weighted by Crippen LogP contribution is 2.19. The summed E-state index contributed by atoms with van der Waals surface area (Å²) in [7, 11) is 1.63. The van der Waals surface area contributed by atoms with Gasteiger partial charge in [-0.1, -0.05) is 84.9 Å². The van der Waals surface area contributed by atoms with Gasteiger partial charge in [-0.3, -0.25) is 4.79 Å². The second-order valence-electron chi connectivity index (χ2n) is 9.43. The van der Waals surface area contributed by atoms with Crippen LogP contribution in [0.25, 0.3) is 0 Å². The Hall–Kier alpha value is -3.71. The topological polar surface area (TPSA) is 63.2 Å². The third kappa shape index (κ3) is 10.5. The number of hydrogen-bond acceptors (Lipinski definition) is 6. The van der Waals surface area contributed by atoms with E-state index in [-0.39, 0.29) is 18.5 Å². The van der Waals surface area contributed by atoms with Crippen LogP contribution in [0.2, 0.25) is 0 Å². The van der Waals surface area contributed by atoms with Gasteiger partial charge in [0.25, 0.3) is 0 Å². The lowest BCUT2D eigenvalue weighted by Gasteiger charge is -2.26. The summed E-state index contributed by atoms with van der Waals surface area (Å²) in [5.41, 5.74) is 3.07. The lowest BCUT2D eigenvalue weighted by atomic mass is 10.1. The van der Waals surface area contributed by atoms with Gasteiger partial charge in [0.05, 0.1) is 33.0 Å². The van der Waals surface area contributed by atoms with Crippen molar-refractivity contribution >= 4 is 5.97 Å². The van der Waals surface area contributed by atoms with Gasteiger partial charge >= 0.3 is 5.97 Å². The molecule has 0 heterocycles. The summed E-state index contributed by atoms with van der Waals surface area (Å²) >= 11 is 0. The average Bonchev–Trinajstić information content (AvgIpc) is 2.99. The maximum Gasteiger partial charge on any atom is 0.306 e. The van der Waals surface area contributed by atoms with Crippen LogP contribution in [0.1, 0.15) is 36.5 Å². The molecule has 3 aromatic rings. The van der Waals surface area contributed by atoms with E-state index in [1.165, 1.54) is 0 Å². The molecule has 0 saturated heterocycles. The molecule has 40 heavy (non-hydrogen) atoms. The van der Waals surface area contributed by atoms with Crippen molar-refractivity contribution in [1.82, 2.24) is 0 Å². The second-order valence-corrected chi connectivity index (χ2v) is 9.43. The van der Waals surface area contributed by atoms with E-state index in [1.54, 1.807) is 26.2 Å². The fourth-order valence-corrected chi connectivity index (χ4v) is 4.12. The van der Waals surface area contributed by atoms with Crippen LogP contribution in [0.3, 0.4) is 0 Å². The van der Waals surface area contributed by atoms with E-state index >= 15 is 0 Å². The molecule has 6 nitrogen and oxygen atoms in total. The van der Waals surface area contributed by atoms with Crippen LogP contribution in [-0.4, -0.2) is 37.5 Å². The van der Waals surface area contributed by atoms with E-state index in [2.05, 4.69) is 13.2 Å². The second kappa shape index (κ2) is 17.1. The first-order valence-electron chi connectivity index (χ1n) is 13.5. The SMILES string of the molecule is C=C[C@H](OCc1ccc(OC)cc1)[C@H](C)OC(=O)CC[C@H](OCc1ccccc1)[C@@H](C=C)OCc1ccccc1. The molecule has 0 amide bonds. The van der Waals surface area contributed by atoms with Gasteiger partial charge in [-0.25, -0.2) is 0 Å². The lowest BCUT2D eigenvalue weighted by molar-refractivity contribution is -0.156. The number of carbonyl (C=O) groups excluding carboxylic acids is 1. The molecule has 4 atom stereocenters. The Morgan fingerprint density at radius 2 is 1.23 bits per heavy atom. The first kappa shape index (κ1) is 30.8. The van der Waals surface area contributed by atoms with Crippen molar-refractivity contribution in [2.45, 2.75) is 64.0 Å². The minimum Gasteiger partial charge on any atom is -0.497 e. The molecule has 0 aliphatic heterocycles. The van der Waals surface area contributed by atoms with Gasteiger partial charge in [0.2, 0.25) is 0 Å². The molecule has 0 unspecified atom stereocenters. The zero-order chi connectivity index (χ0) is 28.6. The quantitative estimate of drug-likeness (QED) is 0.129. The fourth-order valence-electron chi connectivity index (χ4n) is 4.12. The molecule has 6 heteroatoms. The summed E-state index contributed by atoms with van der Waals surface area (Å²) in [6.45, 7) is 10.8. The van der Waals surface area contributed by atoms with E-state index in [9.17, 15) is 4.79 Å². The molecule has 212 valence electrons. The number of esters is 1. The molecule has 0 radical (unpaired) electrons. The molecule has 0 N–H and O–H groups in total. The van der Waals surface area contributed by atoms with Crippen molar-refractivity contribution in [3.8, 4) is 5.75 Å². The normalized spacial score (nSPS) is 13.9. The number of methoxy groups -OCH3 is 1. The zero-order valence-electron chi connectivity index (χ0n) is 23.4. The first-order chi connectivity index (χ1) is 19.5. The van der Waals surface area contributed by atoms with Crippen molar-refractivity contribution in [3.63, 3.8) is 0 Å². The van der Waals surface area contributed by atoms with Crippen molar-refractivity contribution in [3.05, 3.63) is 127 Å². The molecule has 0 saturated carbocycles. The summed E-state index contributed by atoms with van der Waals surface area (Å²) in [5.74, 6) is 0.438. The van der Waals surface area contributed by atoms with Gasteiger partial charge in [0, 0.05) is 6.42 Å². The van der Waals surface area contributed by atoms with Gasteiger partial charge in [-0.05, 0) is 42.2 Å². The number of rotatable bonds is 18. The predicted molar refractivity (Wildman–Crippen MR) is 157 cm³/mol. The fraction of sp³-hybridized carbons (Fsp3) is 0.324. The van der Waals surface area contributed by atoms with Crippen LogP contribution >= 0.6 is 0 Å². The lowest BCUT2D eigenvalue weighted by Crippen LogP contribution is -2.32. The van der Waals surface area contributed by atoms with Crippen molar-refractivity contribution in [2.24, 2.45) is 0 Å². The summed E-state index contributed by atoms with van der Waals surface area (Å²) in [4.78, 5) is 12.8. The molecule has 3 rings (SSSR count). The Kier molecular flexibility index (Phi) is 13.2. The van der Waals surface area contributed by atoms with E-state index in [4.69, 9.17) is 23.7 Å². The largest absolute Gasteiger partial charge is 0.497 e. The third-order valence-corrected chi connectivity index (χ3v) is 6.44. The molecular formula is C34H40O6. The zero-order valence-corrected chi connectivity index (χ0v) is 23.4. The van der Waals surface area contributed by atoms with Crippen LogP contribution in [0.5, 0.6) is 5.75 Å². The van der Waals surface area contributed by atoms with Crippen LogP contribution < -0.4 is 4.74 Å². The molecule has 0 fully saturated rings. The number of hydrogen-bond donors (Lipinski definition) is 0. The minimum absolute atomic E-state index is 0.158. The van der Waals surface area contributed by atoms with Crippen LogP contribution in [0, 0.1) is 0 Å². The molecule has 0 aliphatic rings. The third-order valence-electron chi connectivity index (χ3n) is 6.44. The van der Waals surface area contributed by atoms with Gasteiger partial charge in [-0.15, -0.1) is 13.2 Å². The Bertz CT molecular complexity index is 1150. The molecule has 0 aliphatic carbocycles. The highest BCUT2D eigenvalue weighted by atomic mass is 16.6. The average molecular weight is 545 g/mol. The van der Waals surface area contributed by atoms with Gasteiger partial charge in [-0.2, -0.15) is 0 Å². The molecular weight excluding hydrogens is 504 g/mol. The highest BCUT2D eigenvalue weighted by molar-refractivity contribution is 5.69. The first-order valence-corrected chi connectivity index (χ1v) is 13.5. The van der Waals surface area contributed by atoms with E-state index in [1.807, 2.05) is 84.9 Å². The summed E-state index contributed by atoms with van der Waals surface area (Å²) in [6, 6.07) is 27.4. The summed E-state index contributed by atoms with van der Waals surface area (Å²) < 4.78 is 29.3. The summed E-state index contributed by atoms with van der Waals surface area (Å²) in [6.07, 6.45) is 2.21. The van der Waals surface area contributed by atoms with Gasteiger partial charge < -0.3 is 23.7 Å². The molecule has 0 spiro atoms. The molecule has 0 bridgehead atoms. The van der Waals surface area contributed by atoms with E-state index in [0.717, 1.165) is 22.4 Å². The number of benzene rings is 3.